The summed E-state index contributed by atoms with van der Waals surface area (Å²) in [6.07, 6.45) is 3.97. The molecular weight excluding hydrogens is 313 g/mol. The van der Waals surface area contributed by atoms with Gasteiger partial charge in [-0.3, -0.25) is 4.90 Å². The molecule has 0 unspecified atom stereocenters. The summed E-state index contributed by atoms with van der Waals surface area (Å²) in [4.78, 5) is 14.2. The van der Waals surface area contributed by atoms with Gasteiger partial charge in [0.05, 0.1) is 18.8 Å². The van der Waals surface area contributed by atoms with Crippen LogP contribution in [0.4, 0.5) is 4.39 Å². The van der Waals surface area contributed by atoms with Gasteiger partial charge in [-0.05, 0) is 50.8 Å². The number of carbonyl (C=O) groups is 1. The first-order valence-electron chi connectivity index (χ1n) is 8.52. The number of rotatable bonds is 5. The van der Waals surface area contributed by atoms with E-state index in [-0.39, 0.29) is 18.1 Å². The smallest absolute Gasteiger partial charge is 0.339 e. The first-order chi connectivity index (χ1) is 11.6. The minimum atomic E-state index is -0.470. The van der Waals surface area contributed by atoms with E-state index in [2.05, 4.69) is 0 Å². The van der Waals surface area contributed by atoms with Crippen LogP contribution < -0.4 is 4.74 Å². The van der Waals surface area contributed by atoms with Gasteiger partial charge in [0.15, 0.2) is 11.6 Å². The van der Waals surface area contributed by atoms with Crippen molar-refractivity contribution in [1.82, 2.24) is 4.90 Å². The van der Waals surface area contributed by atoms with Crippen LogP contribution in [-0.4, -0.2) is 49.5 Å². The third kappa shape index (κ3) is 4.24. The number of carbonyl (C=O) groups excluding carboxylic acids is 1. The number of morpholine rings is 1. The number of esters is 1. The number of ether oxygens (including phenoxy) is 3. The van der Waals surface area contributed by atoms with E-state index in [1.807, 2.05) is 11.8 Å². The van der Waals surface area contributed by atoms with Crippen LogP contribution in [0.25, 0.3) is 0 Å². The van der Waals surface area contributed by atoms with Crippen molar-refractivity contribution in [3.63, 3.8) is 0 Å². The van der Waals surface area contributed by atoms with Gasteiger partial charge in [-0.15, -0.1) is 0 Å². The van der Waals surface area contributed by atoms with E-state index in [9.17, 15) is 9.18 Å². The maximum absolute atomic E-state index is 14.0. The quantitative estimate of drug-likeness (QED) is 0.773. The second kappa shape index (κ2) is 7.49. The summed E-state index contributed by atoms with van der Waals surface area (Å²) in [6, 6.07) is 4.14. The Morgan fingerprint density at radius 3 is 2.71 bits per heavy atom. The van der Waals surface area contributed by atoms with E-state index in [1.54, 1.807) is 0 Å². The first-order valence-corrected chi connectivity index (χ1v) is 8.52. The van der Waals surface area contributed by atoms with Crippen LogP contribution in [0.5, 0.6) is 5.75 Å². The largest absolute Gasteiger partial charge is 0.484 e. The fourth-order valence-corrected chi connectivity index (χ4v) is 3.16. The van der Waals surface area contributed by atoms with Crippen molar-refractivity contribution in [2.75, 3.05) is 33.0 Å². The van der Waals surface area contributed by atoms with Gasteiger partial charge in [0.1, 0.15) is 12.3 Å². The molecule has 1 saturated heterocycles. The summed E-state index contributed by atoms with van der Waals surface area (Å²) in [5, 5.41) is 0. The number of nitrogens with zero attached hydrogens (tertiary/aromatic N) is 1. The molecule has 0 N–H and O–H groups in total. The maximum Gasteiger partial charge on any atom is 0.339 e. The third-order valence-electron chi connectivity index (χ3n) is 4.67. The lowest BCUT2D eigenvalue weighted by molar-refractivity contribution is -0.0209. The van der Waals surface area contributed by atoms with Gasteiger partial charge in [0.2, 0.25) is 0 Å². The third-order valence-corrected chi connectivity index (χ3v) is 4.67. The number of benzene rings is 1. The molecule has 0 bridgehead atoms. The Labute approximate surface area is 141 Å². The highest BCUT2D eigenvalue weighted by Crippen LogP contribution is 2.35. The highest BCUT2D eigenvalue weighted by Gasteiger charge is 2.31. The predicted molar refractivity (Wildman–Crippen MR) is 86.6 cm³/mol. The highest BCUT2D eigenvalue weighted by molar-refractivity contribution is 5.89. The number of halogens is 1. The Balaban J connectivity index is 1.62. The molecule has 3 rings (SSSR count). The van der Waals surface area contributed by atoms with Crippen LogP contribution in [0.3, 0.4) is 0 Å². The lowest BCUT2D eigenvalue weighted by Gasteiger charge is -2.26. The molecular formula is C18H24FNO4. The van der Waals surface area contributed by atoms with Crippen LogP contribution in [0, 0.1) is 5.82 Å². The van der Waals surface area contributed by atoms with Gasteiger partial charge in [-0.1, -0.05) is 0 Å². The molecule has 6 heteroatoms. The van der Waals surface area contributed by atoms with Crippen molar-refractivity contribution in [3.05, 3.63) is 29.6 Å². The van der Waals surface area contributed by atoms with Crippen LogP contribution in [0.15, 0.2) is 18.2 Å². The van der Waals surface area contributed by atoms with Gasteiger partial charge in [0.25, 0.3) is 0 Å². The molecule has 1 aromatic rings. The lowest BCUT2D eigenvalue weighted by atomic mass is 10.1. The van der Waals surface area contributed by atoms with Gasteiger partial charge in [-0.2, -0.15) is 0 Å². The minimum absolute atomic E-state index is 0.125. The van der Waals surface area contributed by atoms with E-state index < -0.39 is 11.8 Å². The summed E-state index contributed by atoms with van der Waals surface area (Å²) in [5.74, 6) is -0.795. The molecule has 1 aliphatic heterocycles. The van der Waals surface area contributed by atoms with E-state index in [0.717, 1.165) is 38.8 Å². The summed E-state index contributed by atoms with van der Waals surface area (Å²) in [7, 11) is 0. The molecule has 0 spiro atoms. The Hall–Kier alpha value is -1.66. The molecule has 132 valence electrons. The Kier molecular flexibility index (Phi) is 5.36. The van der Waals surface area contributed by atoms with Crippen molar-refractivity contribution in [2.45, 2.75) is 38.2 Å². The van der Waals surface area contributed by atoms with Crippen molar-refractivity contribution in [2.24, 2.45) is 0 Å². The molecule has 0 aromatic heterocycles. The summed E-state index contributed by atoms with van der Waals surface area (Å²) < 4.78 is 30.5. The topological polar surface area (TPSA) is 48.0 Å². The molecule has 1 heterocycles. The zero-order chi connectivity index (χ0) is 17.0. The molecule has 1 saturated carbocycles. The van der Waals surface area contributed by atoms with Crippen molar-refractivity contribution < 1.29 is 23.4 Å². The fourth-order valence-electron chi connectivity index (χ4n) is 3.16. The molecule has 2 aliphatic rings. The van der Waals surface area contributed by atoms with E-state index >= 15 is 0 Å². The average molecular weight is 337 g/mol. The maximum atomic E-state index is 14.0. The number of hydrogen-bond donors (Lipinski definition) is 0. The minimum Gasteiger partial charge on any atom is -0.484 e. The van der Waals surface area contributed by atoms with Crippen LogP contribution in [-0.2, 0) is 9.47 Å². The number of hydrogen-bond acceptors (Lipinski definition) is 5. The van der Waals surface area contributed by atoms with E-state index in [4.69, 9.17) is 14.2 Å². The Morgan fingerprint density at radius 2 is 2.00 bits per heavy atom. The molecule has 24 heavy (non-hydrogen) atoms. The zero-order valence-corrected chi connectivity index (χ0v) is 14.1. The lowest BCUT2D eigenvalue weighted by Crippen LogP contribution is -2.38. The normalized spacial score (nSPS) is 20.8. The van der Waals surface area contributed by atoms with Crippen molar-refractivity contribution >= 4 is 5.97 Å². The van der Waals surface area contributed by atoms with E-state index in [0.29, 0.717) is 18.8 Å². The molecule has 0 atom stereocenters. The summed E-state index contributed by atoms with van der Waals surface area (Å²) in [6.45, 7) is 4.97. The van der Waals surface area contributed by atoms with Crippen molar-refractivity contribution in [1.29, 1.82) is 0 Å². The van der Waals surface area contributed by atoms with Gasteiger partial charge < -0.3 is 14.2 Å². The van der Waals surface area contributed by atoms with Crippen LogP contribution in [0.1, 0.15) is 43.0 Å². The standard InChI is InChI=1S/C18H24FNO4/c1-18(6-2-3-7-18)24-16-12-14(4-5-15(16)19)17(21)23-13-20-8-10-22-11-9-20/h4-5,12H,2-3,6-11,13H2,1H3. The van der Waals surface area contributed by atoms with Crippen molar-refractivity contribution in [3.8, 4) is 5.75 Å². The molecule has 1 aromatic carbocycles. The van der Waals surface area contributed by atoms with Gasteiger partial charge in [0, 0.05) is 13.1 Å². The summed E-state index contributed by atoms with van der Waals surface area (Å²) in [5.41, 5.74) is -0.0433. The fraction of sp³-hybridized carbons (Fsp3) is 0.611. The first kappa shape index (κ1) is 17.2. The predicted octanol–water partition coefficient (Wildman–Crippen LogP) is 2.98. The Bertz CT molecular complexity index is 580. The van der Waals surface area contributed by atoms with Crippen LogP contribution in [0.2, 0.25) is 0 Å². The van der Waals surface area contributed by atoms with Gasteiger partial charge >= 0.3 is 5.97 Å². The molecule has 5 nitrogen and oxygen atoms in total. The molecule has 0 amide bonds. The second-order valence-electron chi connectivity index (χ2n) is 6.70. The van der Waals surface area contributed by atoms with E-state index in [1.165, 1.54) is 18.2 Å². The second-order valence-corrected chi connectivity index (χ2v) is 6.70. The molecule has 1 aliphatic carbocycles. The van der Waals surface area contributed by atoms with Crippen LogP contribution >= 0.6 is 0 Å². The molecule has 2 fully saturated rings. The Morgan fingerprint density at radius 1 is 1.29 bits per heavy atom. The highest BCUT2D eigenvalue weighted by atomic mass is 19.1. The SMILES string of the molecule is CC1(Oc2cc(C(=O)OCN3CCOCC3)ccc2F)CCCC1. The zero-order valence-electron chi connectivity index (χ0n) is 14.1. The monoisotopic (exact) mass is 337 g/mol. The molecule has 0 radical (unpaired) electrons. The average Bonchev–Trinajstić information content (AvgIpc) is 3.02. The van der Waals surface area contributed by atoms with Gasteiger partial charge in [-0.25, -0.2) is 9.18 Å². The summed E-state index contributed by atoms with van der Waals surface area (Å²) >= 11 is 0.